The van der Waals surface area contributed by atoms with Crippen molar-refractivity contribution in [1.29, 1.82) is 0 Å². The zero-order chi connectivity index (χ0) is 14.5. The fourth-order valence-corrected chi connectivity index (χ4v) is 3.85. The van der Waals surface area contributed by atoms with Gasteiger partial charge in [-0.3, -0.25) is 0 Å². The molecule has 0 amide bonds. The first-order valence-corrected chi connectivity index (χ1v) is 8.70. The highest BCUT2D eigenvalue weighted by Crippen LogP contribution is 2.32. The molecule has 1 heterocycles. The molecule has 1 fully saturated rings. The van der Waals surface area contributed by atoms with Crippen molar-refractivity contribution in [2.45, 2.75) is 64.2 Å². The van der Waals surface area contributed by atoms with Crippen molar-refractivity contribution < 1.29 is 0 Å². The topological polar surface area (TPSA) is 63.8 Å². The Morgan fingerprint density at radius 3 is 2.80 bits per heavy atom. The van der Waals surface area contributed by atoms with E-state index >= 15 is 0 Å². The quantitative estimate of drug-likeness (QED) is 0.842. The average Bonchev–Trinajstić information content (AvgIpc) is 2.84. The third-order valence-electron chi connectivity index (χ3n) is 3.83. The van der Waals surface area contributed by atoms with E-state index in [2.05, 4.69) is 40.9 Å². The van der Waals surface area contributed by atoms with Crippen molar-refractivity contribution in [2.24, 2.45) is 0 Å². The van der Waals surface area contributed by atoms with E-state index in [1.54, 1.807) is 0 Å². The largest absolute Gasteiger partial charge is 0.383 e. The van der Waals surface area contributed by atoms with Gasteiger partial charge in [0.25, 0.3) is 0 Å². The number of hydrogen-bond donors (Lipinski definition) is 2. The van der Waals surface area contributed by atoms with Crippen molar-refractivity contribution in [1.82, 2.24) is 9.97 Å². The predicted molar refractivity (Wildman–Crippen MR) is 88.4 cm³/mol. The maximum atomic E-state index is 6.01. The third kappa shape index (κ3) is 3.78. The van der Waals surface area contributed by atoms with Crippen LogP contribution in [0.15, 0.2) is 0 Å². The molecule has 0 bridgehead atoms. The van der Waals surface area contributed by atoms with Crippen LogP contribution >= 0.6 is 11.8 Å². The van der Waals surface area contributed by atoms with Crippen molar-refractivity contribution in [3.63, 3.8) is 0 Å². The molecule has 0 radical (unpaired) electrons. The summed E-state index contributed by atoms with van der Waals surface area (Å²) >= 11 is 2.07. The number of thioether (sulfide) groups is 1. The highest BCUT2D eigenvalue weighted by Gasteiger charge is 2.25. The van der Waals surface area contributed by atoms with Crippen LogP contribution in [-0.4, -0.2) is 27.0 Å². The Bertz CT molecular complexity index is 450. The van der Waals surface area contributed by atoms with Crippen molar-refractivity contribution in [3.05, 3.63) is 11.4 Å². The highest BCUT2D eigenvalue weighted by atomic mass is 32.2. The van der Waals surface area contributed by atoms with E-state index in [1.807, 2.05) is 6.92 Å². The lowest BCUT2D eigenvalue weighted by molar-refractivity contribution is 0.744. The predicted octanol–water partition coefficient (Wildman–Crippen LogP) is 3.41. The molecule has 2 unspecified atom stereocenters. The van der Waals surface area contributed by atoms with Crippen LogP contribution in [0.25, 0.3) is 0 Å². The molecule has 0 aromatic carbocycles. The lowest BCUT2D eigenvalue weighted by Crippen LogP contribution is -2.19. The van der Waals surface area contributed by atoms with Gasteiger partial charge in [-0.05, 0) is 38.4 Å². The van der Waals surface area contributed by atoms with Gasteiger partial charge >= 0.3 is 0 Å². The molecule has 1 aromatic rings. The summed E-state index contributed by atoms with van der Waals surface area (Å²) in [6.07, 6.45) is 5.69. The zero-order valence-electron chi connectivity index (χ0n) is 12.8. The van der Waals surface area contributed by atoms with Crippen LogP contribution in [0.3, 0.4) is 0 Å². The SMILES string of the molecule is CCCc1nc(N)c(C)c(NC2CCC(SCC)C2)n1. The van der Waals surface area contributed by atoms with E-state index in [0.29, 0.717) is 11.9 Å². The van der Waals surface area contributed by atoms with Crippen LogP contribution in [0.2, 0.25) is 0 Å². The summed E-state index contributed by atoms with van der Waals surface area (Å²) in [7, 11) is 0. The van der Waals surface area contributed by atoms with Gasteiger partial charge in [0.15, 0.2) is 0 Å². The lowest BCUT2D eigenvalue weighted by atomic mass is 10.2. The number of nitrogen functional groups attached to an aromatic ring is 1. The number of rotatable bonds is 6. The van der Waals surface area contributed by atoms with Gasteiger partial charge in [0, 0.05) is 23.3 Å². The number of nitrogens with two attached hydrogens (primary N) is 1. The fourth-order valence-electron chi connectivity index (χ4n) is 2.71. The molecule has 112 valence electrons. The van der Waals surface area contributed by atoms with Crippen LogP contribution in [0.5, 0.6) is 0 Å². The molecule has 3 N–H and O–H groups in total. The van der Waals surface area contributed by atoms with Crippen molar-refractivity contribution >= 4 is 23.4 Å². The molecule has 2 rings (SSSR count). The summed E-state index contributed by atoms with van der Waals surface area (Å²) in [5, 5.41) is 4.39. The second-order valence-electron chi connectivity index (χ2n) is 5.48. The number of hydrogen-bond acceptors (Lipinski definition) is 5. The summed E-state index contributed by atoms with van der Waals surface area (Å²) in [4.78, 5) is 9.01. The Labute approximate surface area is 126 Å². The van der Waals surface area contributed by atoms with E-state index in [9.17, 15) is 0 Å². The molecule has 4 nitrogen and oxygen atoms in total. The maximum absolute atomic E-state index is 6.01. The second-order valence-corrected chi connectivity index (χ2v) is 7.06. The van der Waals surface area contributed by atoms with Gasteiger partial charge in [-0.2, -0.15) is 11.8 Å². The Hall–Kier alpha value is -0.970. The van der Waals surface area contributed by atoms with E-state index in [0.717, 1.165) is 35.3 Å². The number of nitrogens with one attached hydrogen (secondary N) is 1. The fraction of sp³-hybridized carbons (Fsp3) is 0.733. The normalized spacial score (nSPS) is 22.1. The molecule has 1 aromatic heterocycles. The van der Waals surface area contributed by atoms with Gasteiger partial charge in [-0.15, -0.1) is 0 Å². The summed E-state index contributed by atoms with van der Waals surface area (Å²) in [5.41, 5.74) is 6.99. The third-order valence-corrected chi connectivity index (χ3v) is 5.06. The minimum atomic E-state index is 0.529. The first-order chi connectivity index (χ1) is 9.63. The van der Waals surface area contributed by atoms with Crippen molar-refractivity contribution in [2.75, 3.05) is 16.8 Å². The molecule has 0 spiro atoms. The van der Waals surface area contributed by atoms with Crippen LogP contribution in [-0.2, 0) is 6.42 Å². The minimum Gasteiger partial charge on any atom is -0.383 e. The highest BCUT2D eigenvalue weighted by molar-refractivity contribution is 7.99. The van der Waals surface area contributed by atoms with Gasteiger partial charge in [0.2, 0.25) is 0 Å². The molecule has 2 atom stereocenters. The van der Waals surface area contributed by atoms with Gasteiger partial charge in [-0.1, -0.05) is 13.8 Å². The smallest absolute Gasteiger partial charge is 0.134 e. The number of aromatic nitrogens is 2. The molecule has 0 saturated heterocycles. The van der Waals surface area contributed by atoms with Gasteiger partial charge in [-0.25, -0.2) is 9.97 Å². The number of aryl methyl sites for hydroxylation is 1. The van der Waals surface area contributed by atoms with E-state index in [1.165, 1.54) is 25.0 Å². The Kier molecular flexibility index (Phi) is 5.52. The summed E-state index contributed by atoms with van der Waals surface area (Å²) < 4.78 is 0. The second kappa shape index (κ2) is 7.16. The molecule has 0 aliphatic heterocycles. The molecule has 1 aliphatic rings. The molecular weight excluding hydrogens is 268 g/mol. The van der Waals surface area contributed by atoms with E-state index in [4.69, 9.17) is 5.73 Å². The van der Waals surface area contributed by atoms with E-state index in [-0.39, 0.29) is 0 Å². The minimum absolute atomic E-state index is 0.529. The Balaban J connectivity index is 2.05. The van der Waals surface area contributed by atoms with E-state index < -0.39 is 0 Å². The first kappa shape index (κ1) is 15.4. The maximum Gasteiger partial charge on any atom is 0.134 e. The standard InChI is InChI=1S/C15H26N4S/c1-4-6-13-18-14(16)10(3)15(19-13)17-11-7-8-12(9-11)20-5-2/h11-12H,4-9H2,1-3H3,(H3,16,17,18,19). The molecule has 1 saturated carbocycles. The number of nitrogens with zero attached hydrogens (tertiary/aromatic N) is 2. The molecule has 1 aliphatic carbocycles. The van der Waals surface area contributed by atoms with Gasteiger partial charge in [0.1, 0.15) is 17.5 Å². The van der Waals surface area contributed by atoms with Gasteiger partial charge in [0.05, 0.1) is 0 Å². The van der Waals surface area contributed by atoms with Crippen LogP contribution in [0.4, 0.5) is 11.6 Å². The average molecular weight is 294 g/mol. The summed E-state index contributed by atoms with van der Waals surface area (Å²) in [6, 6.07) is 0.529. The lowest BCUT2D eigenvalue weighted by Gasteiger charge is -2.17. The molecule has 5 heteroatoms. The zero-order valence-corrected chi connectivity index (χ0v) is 13.6. The Morgan fingerprint density at radius 2 is 2.10 bits per heavy atom. The first-order valence-electron chi connectivity index (χ1n) is 7.65. The summed E-state index contributed by atoms with van der Waals surface area (Å²) in [6.45, 7) is 6.37. The Morgan fingerprint density at radius 1 is 1.30 bits per heavy atom. The monoisotopic (exact) mass is 294 g/mol. The van der Waals surface area contributed by atoms with Crippen LogP contribution in [0.1, 0.15) is 50.9 Å². The van der Waals surface area contributed by atoms with Gasteiger partial charge < -0.3 is 11.1 Å². The summed E-state index contributed by atoms with van der Waals surface area (Å²) in [5.74, 6) is 3.62. The molecular formula is C15H26N4S. The number of anilines is 2. The van der Waals surface area contributed by atoms with Crippen LogP contribution < -0.4 is 11.1 Å². The van der Waals surface area contributed by atoms with Crippen LogP contribution in [0, 0.1) is 6.92 Å². The van der Waals surface area contributed by atoms with Crippen molar-refractivity contribution in [3.8, 4) is 0 Å². The molecule has 20 heavy (non-hydrogen) atoms.